The number of nitrogens with zero attached hydrogens (tertiary/aromatic N) is 2. The molecule has 1 saturated carbocycles. The van der Waals surface area contributed by atoms with Crippen LogP contribution in [-0.4, -0.2) is 34.2 Å². The second kappa shape index (κ2) is 6.11. The van der Waals surface area contributed by atoms with E-state index in [9.17, 15) is 9.90 Å². The fourth-order valence-electron chi connectivity index (χ4n) is 3.45. The average Bonchev–Trinajstić information content (AvgIpc) is 2.50. The van der Waals surface area contributed by atoms with Crippen molar-refractivity contribution >= 4 is 11.7 Å². The van der Waals surface area contributed by atoms with Crippen molar-refractivity contribution in [2.45, 2.75) is 64.5 Å². The summed E-state index contributed by atoms with van der Waals surface area (Å²) in [6, 6.07) is 2.06. The Labute approximate surface area is 137 Å². The molecular weight excluding hydrogens is 292 g/mol. The van der Waals surface area contributed by atoms with E-state index in [-0.39, 0.29) is 17.9 Å². The maximum absolute atomic E-state index is 12.4. The van der Waals surface area contributed by atoms with Crippen molar-refractivity contribution in [3.63, 3.8) is 0 Å². The first-order valence-corrected chi connectivity index (χ1v) is 8.60. The minimum absolute atomic E-state index is 0.0591. The van der Waals surface area contributed by atoms with Crippen LogP contribution in [0.5, 0.6) is 5.75 Å². The molecule has 0 atom stereocenters. The highest BCUT2D eigenvalue weighted by atomic mass is 16.5. The van der Waals surface area contributed by atoms with Gasteiger partial charge in [0, 0.05) is 12.5 Å². The number of aryl methyl sites for hydroxylation is 1. The van der Waals surface area contributed by atoms with E-state index in [1.54, 1.807) is 11.1 Å². The molecule has 0 aromatic carbocycles. The van der Waals surface area contributed by atoms with E-state index in [1.807, 2.05) is 19.9 Å². The monoisotopic (exact) mass is 318 g/mol. The number of ether oxygens (including phenoxy) is 1. The van der Waals surface area contributed by atoms with Gasteiger partial charge in [0.25, 0.3) is 0 Å². The summed E-state index contributed by atoms with van der Waals surface area (Å²) in [4.78, 5) is 18.7. The van der Waals surface area contributed by atoms with Crippen molar-refractivity contribution in [1.82, 2.24) is 4.98 Å². The molecule has 0 radical (unpaired) electrons. The van der Waals surface area contributed by atoms with Crippen LogP contribution >= 0.6 is 0 Å². The first-order valence-electron chi connectivity index (χ1n) is 8.60. The van der Waals surface area contributed by atoms with Crippen LogP contribution in [0.25, 0.3) is 0 Å². The van der Waals surface area contributed by atoms with E-state index in [4.69, 9.17) is 4.74 Å². The molecule has 0 bridgehead atoms. The second-order valence-corrected chi connectivity index (χ2v) is 7.09. The Morgan fingerprint density at radius 1 is 1.43 bits per heavy atom. The molecule has 23 heavy (non-hydrogen) atoms. The van der Waals surface area contributed by atoms with Crippen LogP contribution in [0.2, 0.25) is 0 Å². The zero-order chi connectivity index (χ0) is 16.6. The number of pyridine rings is 1. The van der Waals surface area contributed by atoms with Crippen LogP contribution in [0.4, 0.5) is 5.82 Å². The third kappa shape index (κ3) is 2.94. The third-order valence-corrected chi connectivity index (χ3v) is 5.11. The molecule has 1 N–H and O–H groups in total. The molecule has 1 fully saturated rings. The highest BCUT2D eigenvalue weighted by Gasteiger charge is 2.49. The van der Waals surface area contributed by atoms with Crippen molar-refractivity contribution in [2.24, 2.45) is 5.92 Å². The highest BCUT2D eigenvalue weighted by molar-refractivity contribution is 5.96. The van der Waals surface area contributed by atoms with Crippen molar-refractivity contribution < 1.29 is 14.6 Å². The summed E-state index contributed by atoms with van der Waals surface area (Å²) < 4.78 is 5.64. The number of anilines is 1. The van der Waals surface area contributed by atoms with E-state index in [0.717, 1.165) is 23.6 Å². The number of aliphatic hydroxyl groups is 1. The van der Waals surface area contributed by atoms with Crippen molar-refractivity contribution in [3.8, 4) is 5.75 Å². The number of hydrogen-bond donors (Lipinski definition) is 1. The summed E-state index contributed by atoms with van der Waals surface area (Å²) in [5.41, 5.74) is 0.422. The smallest absolute Gasteiger partial charge is 0.228 e. The lowest BCUT2D eigenvalue weighted by Gasteiger charge is -2.51. The van der Waals surface area contributed by atoms with E-state index >= 15 is 0 Å². The van der Waals surface area contributed by atoms with Gasteiger partial charge in [-0.15, -0.1) is 0 Å². The van der Waals surface area contributed by atoms with Gasteiger partial charge in [-0.3, -0.25) is 9.69 Å². The minimum Gasteiger partial charge on any atom is -0.492 e. The molecule has 2 aliphatic rings. The molecule has 5 heteroatoms. The minimum atomic E-state index is -0.646. The van der Waals surface area contributed by atoms with Gasteiger partial charge >= 0.3 is 0 Å². The Hall–Kier alpha value is -1.62. The molecule has 1 aromatic heterocycles. The lowest BCUT2D eigenvalue weighted by atomic mass is 9.68. The molecule has 5 nitrogen and oxygen atoms in total. The van der Waals surface area contributed by atoms with Gasteiger partial charge in [0.05, 0.1) is 18.4 Å². The predicted octanol–water partition coefficient (Wildman–Crippen LogP) is 2.70. The van der Waals surface area contributed by atoms with Crippen molar-refractivity contribution in [3.05, 3.63) is 17.8 Å². The Bertz CT molecular complexity index is 594. The quantitative estimate of drug-likeness (QED) is 0.906. The van der Waals surface area contributed by atoms with Crippen LogP contribution in [0.1, 0.15) is 52.0 Å². The molecule has 0 spiro atoms. The van der Waals surface area contributed by atoms with Gasteiger partial charge in [-0.05, 0) is 43.2 Å². The number of aromatic nitrogens is 1. The molecule has 1 aliphatic carbocycles. The van der Waals surface area contributed by atoms with Gasteiger partial charge in [0.2, 0.25) is 5.91 Å². The second-order valence-electron chi connectivity index (χ2n) is 7.09. The summed E-state index contributed by atoms with van der Waals surface area (Å²) in [6.07, 6.45) is 5.13. The summed E-state index contributed by atoms with van der Waals surface area (Å²) in [7, 11) is 0. The molecule has 2 heterocycles. The van der Waals surface area contributed by atoms with Crippen LogP contribution in [0, 0.1) is 5.92 Å². The number of rotatable bonds is 5. The average molecular weight is 318 g/mol. The summed E-state index contributed by atoms with van der Waals surface area (Å²) in [5.74, 6) is 1.84. The molecule has 1 aliphatic heterocycles. The summed E-state index contributed by atoms with van der Waals surface area (Å²) >= 11 is 0. The molecule has 1 amide bonds. The molecule has 1 aromatic rings. The van der Waals surface area contributed by atoms with Gasteiger partial charge in [0.1, 0.15) is 11.6 Å². The normalized spacial score (nSPS) is 26.9. The van der Waals surface area contributed by atoms with Gasteiger partial charge in [-0.1, -0.05) is 20.8 Å². The zero-order valence-electron chi connectivity index (χ0n) is 14.2. The van der Waals surface area contributed by atoms with Crippen LogP contribution in [-0.2, 0) is 11.2 Å². The lowest BCUT2D eigenvalue weighted by Crippen LogP contribution is -2.60. The standard InChI is InChI=1S/C18H26N2O3/c1-4-7-23-15-8-13-5-6-16(21)20(17(13)19-11-15)14-9-18(22,10-14)12(2)3/h8,11-12,14,22H,4-7,9-10H2,1-3H3/t14-,18+. The predicted molar refractivity (Wildman–Crippen MR) is 88.6 cm³/mol. The fraction of sp³-hybridized carbons (Fsp3) is 0.667. The molecule has 0 unspecified atom stereocenters. The maximum Gasteiger partial charge on any atom is 0.228 e. The van der Waals surface area contributed by atoms with Crippen LogP contribution < -0.4 is 9.64 Å². The Morgan fingerprint density at radius 2 is 2.17 bits per heavy atom. The Kier molecular flexibility index (Phi) is 4.32. The molecule has 3 rings (SSSR count). The van der Waals surface area contributed by atoms with Gasteiger partial charge in [0.15, 0.2) is 0 Å². The number of carbonyl (C=O) groups is 1. The molecule has 0 saturated heterocycles. The number of hydrogen-bond acceptors (Lipinski definition) is 4. The van der Waals surface area contributed by atoms with Gasteiger partial charge in [-0.2, -0.15) is 0 Å². The first-order chi connectivity index (χ1) is 10.9. The SMILES string of the molecule is CCCOc1cnc2c(c1)CCC(=O)N2[C@H]1C[C@](O)(C(C)C)C1. The van der Waals surface area contributed by atoms with Gasteiger partial charge in [-0.25, -0.2) is 4.98 Å². The van der Waals surface area contributed by atoms with E-state index in [2.05, 4.69) is 11.9 Å². The van der Waals surface area contributed by atoms with Crippen molar-refractivity contribution in [2.75, 3.05) is 11.5 Å². The van der Waals surface area contributed by atoms with Crippen molar-refractivity contribution in [1.29, 1.82) is 0 Å². The lowest BCUT2D eigenvalue weighted by molar-refractivity contribution is -0.124. The summed E-state index contributed by atoms with van der Waals surface area (Å²) in [6.45, 7) is 6.79. The first kappa shape index (κ1) is 16.2. The Morgan fingerprint density at radius 3 is 2.83 bits per heavy atom. The number of fused-ring (bicyclic) bond motifs is 1. The topological polar surface area (TPSA) is 62.7 Å². The number of carbonyl (C=O) groups excluding carboxylic acids is 1. The van der Waals surface area contributed by atoms with E-state index in [1.165, 1.54) is 0 Å². The van der Waals surface area contributed by atoms with Crippen LogP contribution in [0.15, 0.2) is 12.3 Å². The van der Waals surface area contributed by atoms with E-state index < -0.39 is 5.60 Å². The molecule has 126 valence electrons. The van der Waals surface area contributed by atoms with Gasteiger partial charge < -0.3 is 9.84 Å². The highest BCUT2D eigenvalue weighted by Crippen LogP contribution is 2.44. The third-order valence-electron chi connectivity index (χ3n) is 5.11. The van der Waals surface area contributed by atoms with Crippen LogP contribution in [0.3, 0.4) is 0 Å². The zero-order valence-corrected chi connectivity index (χ0v) is 14.2. The largest absolute Gasteiger partial charge is 0.492 e. The Balaban J connectivity index is 1.80. The molecular formula is C18H26N2O3. The van der Waals surface area contributed by atoms with E-state index in [0.29, 0.717) is 32.3 Å². The fourth-order valence-corrected chi connectivity index (χ4v) is 3.45. The number of amides is 1. The maximum atomic E-state index is 12.4. The summed E-state index contributed by atoms with van der Waals surface area (Å²) in [5, 5.41) is 10.5.